The molecule has 12 nitrogen and oxygen atoms in total. The third-order valence-electron chi connectivity index (χ3n) is 8.43. The van der Waals surface area contributed by atoms with Crippen molar-refractivity contribution in [2.75, 3.05) is 13.7 Å². The van der Waals surface area contributed by atoms with Crippen molar-refractivity contribution < 1.29 is 19.4 Å². The summed E-state index contributed by atoms with van der Waals surface area (Å²) in [6, 6.07) is 26.0. The van der Waals surface area contributed by atoms with E-state index in [0.717, 1.165) is 28.3 Å². The molecule has 12 heteroatoms. The lowest BCUT2D eigenvalue weighted by molar-refractivity contribution is -0.145. The van der Waals surface area contributed by atoms with Gasteiger partial charge in [-0.2, -0.15) is 0 Å². The van der Waals surface area contributed by atoms with Crippen molar-refractivity contribution in [1.82, 2.24) is 35.1 Å². The first-order chi connectivity index (χ1) is 25.4. The van der Waals surface area contributed by atoms with E-state index in [1.165, 1.54) is 7.11 Å². The van der Waals surface area contributed by atoms with Crippen molar-refractivity contribution in [2.45, 2.75) is 64.6 Å². The Hall–Kier alpha value is -5.56. The van der Waals surface area contributed by atoms with E-state index in [-0.39, 0.29) is 24.5 Å². The highest BCUT2D eigenvalue weighted by molar-refractivity contribution is 5.84. The monoisotopic (exact) mass is 702 g/mol. The van der Waals surface area contributed by atoms with Gasteiger partial charge >= 0.3 is 5.97 Å². The first kappa shape index (κ1) is 37.7. The van der Waals surface area contributed by atoms with E-state index in [2.05, 4.69) is 35.1 Å². The summed E-state index contributed by atoms with van der Waals surface area (Å²) < 4.78 is 5.10. The molecule has 5 rings (SSSR count). The minimum Gasteiger partial charge on any atom is -0.507 e. The Morgan fingerprint density at radius 1 is 0.712 bits per heavy atom. The quantitative estimate of drug-likeness (QED) is 0.105. The van der Waals surface area contributed by atoms with Gasteiger partial charge in [-0.05, 0) is 67.1 Å². The molecule has 0 aliphatic carbocycles. The molecule has 0 radical (unpaired) electrons. The molecular weight excluding hydrogens is 656 g/mol. The highest BCUT2D eigenvalue weighted by Crippen LogP contribution is 2.30. The fourth-order valence-corrected chi connectivity index (χ4v) is 5.99. The van der Waals surface area contributed by atoms with E-state index in [4.69, 9.17) is 10.5 Å². The fraction of sp³-hybridized carbons (Fsp3) is 0.300. The molecule has 270 valence electrons. The number of rotatable bonds is 19. The third-order valence-corrected chi connectivity index (χ3v) is 8.43. The van der Waals surface area contributed by atoms with Crippen LogP contribution in [0.1, 0.15) is 52.3 Å². The van der Waals surface area contributed by atoms with Crippen LogP contribution in [-0.4, -0.2) is 66.4 Å². The first-order valence-electron chi connectivity index (χ1n) is 17.4. The maximum absolute atomic E-state index is 13.0. The molecule has 0 fully saturated rings. The molecule has 4 heterocycles. The number of esters is 1. The van der Waals surface area contributed by atoms with Gasteiger partial charge in [-0.25, -0.2) is 4.79 Å². The number of aromatic nitrogens is 4. The van der Waals surface area contributed by atoms with Gasteiger partial charge in [0, 0.05) is 88.0 Å². The normalized spacial score (nSPS) is 11.8. The summed E-state index contributed by atoms with van der Waals surface area (Å²) in [7, 11) is 1.30. The molecule has 1 unspecified atom stereocenters. The minimum absolute atomic E-state index is 0.143. The number of pyridine rings is 4. The highest BCUT2D eigenvalue weighted by atomic mass is 16.5. The van der Waals surface area contributed by atoms with Gasteiger partial charge in [0.25, 0.3) is 0 Å². The summed E-state index contributed by atoms with van der Waals surface area (Å²) >= 11 is 0. The number of nitrogens with one attached hydrogen (secondary N) is 1. The van der Waals surface area contributed by atoms with E-state index < -0.39 is 12.0 Å². The van der Waals surface area contributed by atoms with Crippen LogP contribution in [0.4, 0.5) is 0 Å². The van der Waals surface area contributed by atoms with Gasteiger partial charge in [0.2, 0.25) is 5.91 Å². The molecule has 0 saturated heterocycles. The summed E-state index contributed by atoms with van der Waals surface area (Å²) in [5.41, 5.74) is 11.2. The highest BCUT2D eigenvalue weighted by Gasteiger charge is 2.24. The second kappa shape index (κ2) is 19.7. The van der Waals surface area contributed by atoms with Crippen molar-refractivity contribution in [3.05, 3.63) is 149 Å². The summed E-state index contributed by atoms with van der Waals surface area (Å²) in [4.78, 5) is 48.3. The smallest absolute Gasteiger partial charge is 0.328 e. The molecular formula is C40H46N8O4. The number of nitrogens with two attached hydrogens (primary N) is 1. The molecule has 0 spiro atoms. The molecule has 4 N–H and O–H groups in total. The van der Waals surface area contributed by atoms with Gasteiger partial charge < -0.3 is 20.9 Å². The number of amides is 1. The van der Waals surface area contributed by atoms with Crippen LogP contribution >= 0.6 is 0 Å². The van der Waals surface area contributed by atoms with Crippen LogP contribution in [0.3, 0.4) is 0 Å². The number of phenolic OH excluding ortho intramolecular Hbond substituents is 1. The van der Waals surface area contributed by atoms with Gasteiger partial charge in [-0.15, -0.1) is 0 Å². The Labute approximate surface area is 304 Å². The number of ether oxygens (including phenoxy) is 1. The van der Waals surface area contributed by atoms with Crippen LogP contribution in [-0.2, 0) is 60.0 Å². The van der Waals surface area contributed by atoms with Crippen LogP contribution < -0.4 is 11.1 Å². The van der Waals surface area contributed by atoms with E-state index in [9.17, 15) is 14.7 Å². The van der Waals surface area contributed by atoms with E-state index in [1.807, 2.05) is 84.9 Å². The van der Waals surface area contributed by atoms with Crippen molar-refractivity contribution in [3.63, 3.8) is 0 Å². The SMILES string of the molecule is COC(=O)C(Cc1cc(CN(Cc2ccccn2)Cc2ccccn2)c(O)c(CN(Cc2ccccn2)Cc2ccccn2)c1)NC(=O)CCCN. The van der Waals surface area contributed by atoms with Crippen LogP contribution in [0.25, 0.3) is 0 Å². The predicted octanol–water partition coefficient (Wildman–Crippen LogP) is 4.32. The van der Waals surface area contributed by atoms with Gasteiger partial charge in [0.05, 0.1) is 29.9 Å². The number of carbonyl (C=O) groups excluding carboxylic acids is 2. The van der Waals surface area contributed by atoms with Crippen LogP contribution in [0.2, 0.25) is 0 Å². The van der Waals surface area contributed by atoms with Crippen molar-refractivity contribution in [3.8, 4) is 5.75 Å². The van der Waals surface area contributed by atoms with E-state index >= 15 is 0 Å². The lowest BCUT2D eigenvalue weighted by atomic mass is 9.97. The van der Waals surface area contributed by atoms with Gasteiger partial charge in [0.1, 0.15) is 11.8 Å². The summed E-state index contributed by atoms with van der Waals surface area (Å²) in [6.07, 6.45) is 7.89. The Bertz CT molecular complexity index is 1640. The van der Waals surface area contributed by atoms with Crippen molar-refractivity contribution in [1.29, 1.82) is 0 Å². The van der Waals surface area contributed by atoms with Crippen LogP contribution in [0.15, 0.2) is 110 Å². The lowest BCUT2D eigenvalue weighted by Crippen LogP contribution is -2.43. The molecule has 4 aromatic heterocycles. The Balaban J connectivity index is 1.52. The molecule has 1 aromatic carbocycles. The van der Waals surface area contributed by atoms with Gasteiger partial charge in [-0.1, -0.05) is 36.4 Å². The second-order valence-corrected chi connectivity index (χ2v) is 12.6. The second-order valence-electron chi connectivity index (χ2n) is 12.6. The number of hydrogen-bond acceptors (Lipinski definition) is 11. The summed E-state index contributed by atoms with van der Waals surface area (Å²) in [5, 5.41) is 14.8. The summed E-state index contributed by atoms with van der Waals surface area (Å²) in [5.74, 6) is -0.700. The number of carbonyl (C=O) groups is 2. The molecule has 52 heavy (non-hydrogen) atoms. The number of phenols is 1. The molecule has 1 amide bonds. The van der Waals surface area contributed by atoms with Gasteiger partial charge in [0.15, 0.2) is 0 Å². The minimum atomic E-state index is -0.934. The first-order valence-corrected chi connectivity index (χ1v) is 17.4. The maximum Gasteiger partial charge on any atom is 0.328 e. The molecule has 1 atom stereocenters. The largest absolute Gasteiger partial charge is 0.507 e. The third kappa shape index (κ3) is 11.8. The van der Waals surface area contributed by atoms with Crippen LogP contribution in [0.5, 0.6) is 5.75 Å². The zero-order valence-electron chi connectivity index (χ0n) is 29.5. The van der Waals surface area contributed by atoms with Gasteiger partial charge in [-0.3, -0.25) is 34.5 Å². The Morgan fingerprint density at radius 2 is 1.13 bits per heavy atom. The number of nitrogens with zero attached hydrogens (tertiary/aromatic N) is 6. The Kier molecular flexibility index (Phi) is 14.3. The molecule has 0 aliphatic rings. The van der Waals surface area contributed by atoms with Crippen LogP contribution in [0, 0.1) is 0 Å². The maximum atomic E-state index is 13.0. The standard InChI is InChI=1S/C40H46N8O4/c1-52-40(51)37(46-38(49)15-10-16-41)23-30-21-31(24-47(26-33-11-2-6-17-42-33)27-34-12-3-7-18-43-34)39(50)32(22-30)25-48(28-35-13-4-8-19-44-35)29-36-14-5-9-20-45-36/h2-9,11-14,17-22,37,50H,10,15-16,23-29,41H2,1H3,(H,46,49). The average molecular weight is 703 g/mol. The van der Waals surface area contributed by atoms with E-state index in [0.29, 0.717) is 63.4 Å². The fourth-order valence-electron chi connectivity index (χ4n) is 5.99. The number of aromatic hydroxyl groups is 1. The average Bonchev–Trinajstić information content (AvgIpc) is 3.16. The predicted molar refractivity (Wildman–Crippen MR) is 197 cm³/mol. The molecule has 0 saturated carbocycles. The molecule has 5 aromatic rings. The zero-order chi connectivity index (χ0) is 36.5. The number of methoxy groups -OCH3 is 1. The number of benzene rings is 1. The summed E-state index contributed by atoms with van der Waals surface area (Å²) in [6.45, 7) is 3.08. The number of hydrogen-bond donors (Lipinski definition) is 3. The molecule has 0 bridgehead atoms. The van der Waals surface area contributed by atoms with Crippen molar-refractivity contribution >= 4 is 11.9 Å². The molecule has 0 aliphatic heterocycles. The van der Waals surface area contributed by atoms with E-state index in [1.54, 1.807) is 24.8 Å². The Morgan fingerprint density at radius 3 is 1.48 bits per heavy atom. The lowest BCUT2D eigenvalue weighted by Gasteiger charge is -2.26. The zero-order valence-corrected chi connectivity index (χ0v) is 29.5. The van der Waals surface area contributed by atoms with Crippen molar-refractivity contribution in [2.24, 2.45) is 5.73 Å². The topological polar surface area (TPSA) is 160 Å².